The van der Waals surface area contributed by atoms with Crippen LogP contribution in [0, 0.1) is 10.1 Å². The molecular formula is C43H36N4O7. The molecule has 0 aliphatic carbocycles. The van der Waals surface area contributed by atoms with Crippen LogP contribution in [0.4, 0.5) is 21.9 Å². The molecule has 4 amide bonds. The van der Waals surface area contributed by atoms with Crippen molar-refractivity contribution in [3.8, 4) is 11.5 Å². The van der Waals surface area contributed by atoms with Gasteiger partial charge in [-0.25, -0.2) is 9.69 Å². The van der Waals surface area contributed by atoms with E-state index in [1.54, 1.807) is 30.3 Å². The first-order chi connectivity index (χ1) is 26.3. The van der Waals surface area contributed by atoms with Gasteiger partial charge in [-0.2, -0.15) is 0 Å². The van der Waals surface area contributed by atoms with Crippen LogP contribution < -0.4 is 24.6 Å². The van der Waals surface area contributed by atoms with Gasteiger partial charge in [0.25, 0.3) is 17.5 Å². The fourth-order valence-corrected chi connectivity index (χ4v) is 7.84. The smallest absolute Gasteiger partial charge is 0.335 e. The lowest BCUT2D eigenvalue weighted by atomic mass is 9.76. The number of anilines is 2. The average Bonchev–Trinajstić information content (AvgIpc) is 3.19. The molecule has 0 radical (unpaired) electrons. The highest BCUT2D eigenvalue weighted by atomic mass is 16.6. The Hall–Kier alpha value is -6.75. The van der Waals surface area contributed by atoms with E-state index < -0.39 is 22.8 Å². The zero-order valence-corrected chi connectivity index (χ0v) is 29.4. The lowest BCUT2D eigenvalue weighted by molar-refractivity contribution is -0.384. The Kier molecular flexibility index (Phi) is 9.12. The molecule has 0 bridgehead atoms. The van der Waals surface area contributed by atoms with Gasteiger partial charge < -0.3 is 14.4 Å². The number of carbonyl (C=O) groups excluding carboxylic acids is 3. The fraction of sp³-hybridized carbons (Fsp3) is 0.186. The van der Waals surface area contributed by atoms with Crippen molar-refractivity contribution in [2.24, 2.45) is 0 Å². The lowest BCUT2D eigenvalue weighted by Crippen LogP contribution is -2.54. The van der Waals surface area contributed by atoms with Crippen LogP contribution in [-0.4, -0.2) is 43.0 Å². The van der Waals surface area contributed by atoms with Crippen molar-refractivity contribution in [1.82, 2.24) is 5.32 Å². The predicted molar refractivity (Wildman–Crippen MR) is 204 cm³/mol. The van der Waals surface area contributed by atoms with Gasteiger partial charge in [0.2, 0.25) is 0 Å². The Balaban J connectivity index is 1.15. The molecule has 5 aromatic carbocycles. The predicted octanol–water partition coefficient (Wildman–Crippen LogP) is 7.73. The Morgan fingerprint density at radius 3 is 2.06 bits per heavy atom. The first-order valence-electron chi connectivity index (χ1n) is 17.8. The Morgan fingerprint density at radius 2 is 1.44 bits per heavy atom. The van der Waals surface area contributed by atoms with Crippen LogP contribution in [0.3, 0.4) is 0 Å². The van der Waals surface area contributed by atoms with Gasteiger partial charge in [-0.1, -0.05) is 78.9 Å². The third-order valence-corrected chi connectivity index (χ3v) is 10.4. The van der Waals surface area contributed by atoms with Gasteiger partial charge in [-0.15, -0.1) is 0 Å². The molecule has 0 unspecified atom stereocenters. The fourth-order valence-electron chi connectivity index (χ4n) is 7.84. The zero-order chi connectivity index (χ0) is 37.3. The molecule has 1 fully saturated rings. The van der Waals surface area contributed by atoms with Gasteiger partial charge in [0.05, 0.1) is 17.7 Å². The van der Waals surface area contributed by atoms with Crippen molar-refractivity contribution in [2.75, 3.05) is 30.0 Å². The maximum absolute atomic E-state index is 14.3. The highest BCUT2D eigenvalue weighted by molar-refractivity contribution is 6.39. The van der Waals surface area contributed by atoms with E-state index in [2.05, 4.69) is 34.5 Å². The van der Waals surface area contributed by atoms with E-state index >= 15 is 0 Å². The molecule has 3 aliphatic heterocycles. The summed E-state index contributed by atoms with van der Waals surface area (Å²) >= 11 is 0. The monoisotopic (exact) mass is 720 g/mol. The van der Waals surface area contributed by atoms with Crippen LogP contribution in [0.1, 0.15) is 58.1 Å². The number of non-ortho nitro benzene ring substituents is 1. The number of carbonyl (C=O) groups is 3. The van der Waals surface area contributed by atoms with Gasteiger partial charge in [0.15, 0.2) is 11.5 Å². The first-order valence-corrected chi connectivity index (χ1v) is 17.8. The average molecular weight is 721 g/mol. The van der Waals surface area contributed by atoms with E-state index in [-0.39, 0.29) is 29.7 Å². The Morgan fingerprint density at radius 1 is 0.796 bits per heavy atom. The van der Waals surface area contributed by atoms with Crippen molar-refractivity contribution >= 4 is 41.0 Å². The standard InChI is InChI=1S/C43H36N4O7/c1-53-39-23-27(15-16-38(39)54-26-28-9-8-14-31(21-28)47(51)52)22-37-41(48)44-43(50)46(42(37)49)32-24-35-33(29-10-4-2-5-11-29)17-19-45-20-18-34(36(25-32)40(35)45)30-12-6-3-7-13-30/h2-16,21-25,33-34H,17-20,26H2,1H3,(H,44,48,50)/b37-22+/t33-,34-/m1/s1. The van der Waals surface area contributed by atoms with Gasteiger partial charge in [-0.3, -0.25) is 25.0 Å². The molecule has 270 valence electrons. The quantitative estimate of drug-likeness (QED) is 0.0709. The SMILES string of the molecule is COc1cc(/C=C2\C(=O)NC(=O)N(c3cc4c5c(c3)[C@@H](c3ccccc3)CCN5CC[C@@H]4c3ccccc3)C2=O)ccc1OCc1cccc([N+](=O)[O-])c1. The van der Waals surface area contributed by atoms with Crippen LogP contribution in [0.2, 0.25) is 0 Å². The van der Waals surface area contributed by atoms with Crippen LogP contribution in [0.5, 0.6) is 11.5 Å². The maximum atomic E-state index is 14.3. The normalized spacial score (nSPS) is 18.6. The van der Waals surface area contributed by atoms with E-state index in [0.29, 0.717) is 28.3 Å². The number of nitro benzene ring substituents is 1. The van der Waals surface area contributed by atoms with Crippen LogP contribution in [0.25, 0.3) is 6.08 Å². The molecule has 5 aromatic rings. The summed E-state index contributed by atoms with van der Waals surface area (Å²) in [7, 11) is 1.46. The van der Waals surface area contributed by atoms with E-state index in [4.69, 9.17) is 9.47 Å². The number of urea groups is 1. The van der Waals surface area contributed by atoms with Crippen molar-refractivity contribution < 1.29 is 28.8 Å². The number of rotatable bonds is 9. The Labute approximate surface area is 311 Å². The lowest BCUT2D eigenvalue weighted by Gasteiger charge is -2.44. The third kappa shape index (κ3) is 6.44. The molecule has 0 spiro atoms. The summed E-state index contributed by atoms with van der Waals surface area (Å²) in [6.07, 6.45) is 3.19. The largest absolute Gasteiger partial charge is 0.493 e. The number of benzene rings is 5. The molecule has 11 nitrogen and oxygen atoms in total. The van der Waals surface area contributed by atoms with Crippen molar-refractivity contribution in [3.63, 3.8) is 0 Å². The number of ether oxygens (including phenoxy) is 2. The molecule has 1 N–H and O–H groups in total. The molecule has 0 saturated carbocycles. The van der Waals surface area contributed by atoms with E-state index in [1.807, 2.05) is 48.5 Å². The highest BCUT2D eigenvalue weighted by Gasteiger charge is 2.40. The van der Waals surface area contributed by atoms with E-state index in [9.17, 15) is 24.5 Å². The summed E-state index contributed by atoms with van der Waals surface area (Å²) in [5.41, 5.74) is 6.78. The third-order valence-electron chi connectivity index (χ3n) is 10.4. The molecule has 2 atom stereocenters. The van der Waals surface area contributed by atoms with Crippen molar-refractivity contribution in [1.29, 1.82) is 0 Å². The number of nitro groups is 1. The van der Waals surface area contributed by atoms with E-state index in [0.717, 1.165) is 58.8 Å². The number of hydrogen-bond donors (Lipinski definition) is 1. The first kappa shape index (κ1) is 34.3. The minimum absolute atomic E-state index is 0.0446. The molecular weight excluding hydrogens is 684 g/mol. The van der Waals surface area contributed by atoms with E-state index in [1.165, 1.54) is 25.3 Å². The van der Waals surface area contributed by atoms with Crippen LogP contribution in [0.15, 0.2) is 121 Å². The molecule has 0 aromatic heterocycles. The minimum atomic E-state index is -0.812. The molecule has 54 heavy (non-hydrogen) atoms. The summed E-state index contributed by atoms with van der Waals surface area (Å²) in [6.45, 7) is 1.84. The number of amides is 4. The van der Waals surface area contributed by atoms with Gasteiger partial charge in [0, 0.05) is 42.7 Å². The molecule has 3 heterocycles. The zero-order valence-electron chi connectivity index (χ0n) is 29.4. The maximum Gasteiger partial charge on any atom is 0.335 e. The van der Waals surface area contributed by atoms with Gasteiger partial charge >= 0.3 is 6.03 Å². The topological polar surface area (TPSA) is 131 Å². The van der Waals surface area contributed by atoms with Gasteiger partial charge in [-0.05, 0) is 76.6 Å². The number of nitrogens with one attached hydrogen (secondary N) is 1. The number of barbiturate groups is 1. The molecule has 11 heteroatoms. The van der Waals surface area contributed by atoms with Crippen molar-refractivity contribution in [2.45, 2.75) is 31.3 Å². The minimum Gasteiger partial charge on any atom is -0.493 e. The van der Waals surface area contributed by atoms with Crippen LogP contribution in [-0.2, 0) is 16.2 Å². The molecule has 8 rings (SSSR count). The number of methoxy groups -OCH3 is 1. The summed E-state index contributed by atoms with van der Waals surface area (Å²) < 4.78 is 11.5. The number of hydrogen-bond acceptors (Lipinski definition) is 8. The van der Waals surface area contributed by atoms with Gasteiger partial charge in [0.1, 0.15) is 12.2 Å². The van der Waals surface area contributed by atoms with Crippen LogP contribution >= 0.6 is 0 Å². The summed E-state index contributed by atoms with van der Waals surface area (Å²) in [4.78, 5) is 55.4. The highest BCUT2D eigenvalue weighted by Crippen LogP contribution is 2.50. The summed E-state index contributed by atoms with van der Waals surface area (Å²) in [6, 6.07) is 34.7. The second-order valence-corrected chi connectivity index (χ2v) is 13.5. The Bertz CT molecular complexity index is 2250. The number of nitrogens with zero attached hydrogens (tertiary/aromatic N) is 3. The molecule has 1 saturated heterocycles. The second kappa shape index (κ2) is 14.3. The number of imide groups is 2. The molecule has 3 aliphatic rings. The second-order valence-electron chi connectivity index (χ2n) is 13.5. The summed E-state index contributed by atoms with van der Waals surface area (Å²) in [5.74, 6) is -0.757. The summed E-state index contributed by atoms with van der Waals surface area (Å²) in [5, 5.41) is 13.6. The van der Waals surface area contributed by atoms with Crippen molar-refractivity contribution in [3.05, 3.63) is 164 Å².